The van der Waals surface area contributed by atoms with Gasteiger partial charge in [0.05, 0.1) is 16.6 Å². The van der Waals surface area contributed by atoms with Crippen LogP contribution >= 0.6 is 0 Å². The lowest BCUT2D eigenvalue weighted by Crippen LogP contribution is -2.30. The molecule has 4 aromatic rings. The third-order valence-corrected chi connectivity index (χ3v) is 8.85. The fourth-order valence-corrected chi connectivity index (χ4v) is 6.56. The van der Waals surface area contributed by atoms with Crippen LogP contribution in [0.2, 0.25) is 0 Å². The van der Waals surface area contributed by atoms with Gasteiger partial charge >= 0.3 is 0 Å². The van der Waals surface area contributed by atoms with Gasteiger partial charge in [-0.2, -0.15) is 0 Å². The molecule has 0 amide bonds. The molecule has 0 bridgehead atoms. The molecular formula is C27H25N3O2S. The van der Waals surface area contributed by atoms with Crippen LogP contribution < -0.4 is 9.62 Å². The fraction of sp³-hybridized carbons (Fsp3) is 0.185. The molecule has 0 spiro atoms. The Labute approximate surface area is 193 Å². The zero-order valence-corrected chi connectivity index (χ0v) is 19.1. The monoisotopic (exact) mass is 455 g/mol. The second-order valence-electron chi connectivity index (χ2n) is 8.82. The Balaban J connectivity index is 1.40. The molecule has 6 rings (SSSR count). The number of fused-ring (bicyclic) bond motifs is 4. The zero-order chi connectivity index (χ0) is 22.6. The summed E-state index contributed by atoms with van der Waals surface area (Å²) in [4.78, 5) is 3.72. The second kappa shape index (κ2) is 7.52. The summed E-state index contributed by atoms with van der Waals surface area (Å²) in [6, 6.07) is 23.2. The number of allylic oxidation sites excluding steroid dienone is 2. The number of hydrogen-bond acceptors (Lipinski definition) is 3. The van der Waals surface area contributed by atoms with E-state index < -0.39 is 10.0 Å². The molecule has 1 aliphatic heterocycles. The minimum absolute atomic E-state index is 0.156. The predicted octanol–water partition coefficient (Wildman–Crippen LogP) is 5.82. The highest BCUT2D eigenvalue weighted by molar-refractivity contribution is 7.92. The molecule has 2 N–H and O–H groups in total. The van der Waals surface area contributed by atoms with Gasteiger partial charge in [0.2, 0.25) is 0 Å². The molecule has 2 heterocycles. The maximum Gasteiger partial charge on any atom is 0.264 e. The molecule has 33 heavy (non-hydrogen) atoms. The Morgan fingerprint density at radius 1 is 0.939 bits per heavy atom. The van der Waals surface area contributed by atoms with E-state index >= 15 is 0 Å². The SMILES string of the molecule is CN(c1ccccc1)S(=O)(=O)c1ccc2c(c1)C1C=CCC1C(c1c[nH]c3ccccc13)N2. The number of aromatic amines is 1. The normalized spacial score (nSPS) is 21.4. The van der Waals surface area contributed by atoms with E-state index in [0.717, 1.165) is 23.2 Å². The number of hydrogen-bond donors (Lipinski definition) is 2. The van der Waals surface area contributed by atoms with E-state index in [-0.39, 0.29) is 12.0 Å². The fourth-order valence-electron chi connectivity index (χ4n) is 5.33. The summed E-state index contributed by atoms with van der Waals surface area (Å²) < 4.78 is 28.1. The Hall–Kier alpha value is -3.51. The first kappa shape index (κ1) is 20.1. The largest absolute Gasteiger partial charge is 0.378 e. The van der Waals surface area contributed by atoms with E-state index in [4.69, 9.17) is 0 Å². The van der Waals surface area contributed by atoms with Crippen LogP contribution in [-0.4, -0.2) is 20.4 Å². The quantitative estimate of drug-likeness (QED) is 0.381. The van der Waals surface area contributed by atoms with Crippen LogP contribution in [0.3, 0.4) is 0 Å². The molecule has 5 nitrogen and oxygen atoms in total. The predicted molar refractivity (Wildman–Crippen MR) is 133 cm³/mol. The molecule has 1 aliphatic carbocycles. The number of benzene rings is 3. The first-order valence-corrected chi connectivity index (χ1v) is 12.7. The molecule has 0 radical (unpaired) electrons. The summed E-state index contributed by atoms with van der Waals surface area (Å²) in [6.07, 6.45) is 7.53. The molecule has 3 aromatic carbocycles. The van der Waals surface area contributed by atoms with E-state index in [0.29, 0.717) is 16.5 Å². The van der Waals surface area contributed by atoms with Crippen LogP contribution in [0.15, 0.2) is 96.0 Å². The Morgan fingerprint density at radius 3 is 2.58 bits per heavy atom. The van der Waals surface area contributed by atoms with Gasteiger partial charge in [-0.3, -0.25) is 4.31 Å². The lowest BCUT2D eigenvalue weighted by atomic mass is 9.77. The molecule has 6 heteroatoms. The summed E-state index contributed by atoms with van der Waals surface area (Å²) in [5.41, 5.74) is 5.08. The van der Waals surface area contributed by atoms with E-state index in [9.17, 15) is 8.42 Å². The molecule has 0 fully saturated rings. The van der Waals surface area contributed by atoms with E-state index in [2.05, 4.69) is 46.8 Å². The van der Waals surface area contributed by atoms with Crippen LogP contribution in [-0.2, 0) is 10.0 Å². The number of rotatable bonds is 4. The van der Waals surface area contributed by atoms with E-state index in [1.807, 2.05) is 36.4 Å². The van der Waals surface area contributed by atoms with Crippen LogP contribution in [0, 0.1) is 5.92 Å². The van der Waals surface area contributed by atoms with E-state index in [1.165, 1.54) is 15.3 Å². The van der Waals surface area contributed by atoms with Gasteiger partial charge in [-0.25, -0.2) is 8.42 Å². The van der Waals surface area contributed by atoms with Crippen molar-refractivity contribution in [2.75, 3.05) is 16.7 Å². The molecule has 3 unspecified atom stereocenters. The van der Waals surface area contributed by atoms with Gasteiger partial charge in [-0.1, -0.05) is 48.6 Å². The average Bonchev–Trinajstić information content (AvgIpc) is 3.51. The third-order valence-electron chi connectivity index (χ3n) is 7.07. The minimum atomic E-state index is -3.66. The van der Waals surface area contributed by atoms with Crippen LogP contribution in [0.5, 0.6) is 0 Å². The van der Waals surface area contributed by atoms with Crippen molar-refractivity contribution in [3.8, 4) is 0 Å². The number of sulfonamides is 1. The first-order valence-electron chi connectivity index (χ1n) is 11.2. The molecule has 0 saturated heterocycles. The topological polar surface area (TPSA) is 65.2 Å². The van der Waals surface area contributed by atoms with Crippen molar-refractivity contribution < 1.29 is 8.42 Å². The standard InChI is InChI=1S/C27H25N3O2S/c1-30(18-8-3-2-4-9-18)33(31,32)19-14-15-26-23(16-19)20-11-7-12-22(20)27(29-26)24-17-28-25-13-6-5-10-21(24)25/h2-11,13-17,20,22,27-29H,12H2,1H3. The van der Waals surface area contributed by atoms with Crippen molar-refractivity contribution in [1.82, 2.24) is 4.98 Å². The van der Waals surface area contributed by atoms with E-state index in [1.54, 1.807) is 25.2 Å². The Kier molecular flexibility index (Phi) is 4.59. The average molecular weight is 456 g/mol. The zero-order valence-electron chi connectivity index (χ0n) is 18.3. The lowest BCUT2D eigenvalue weighted by molar-refractivity contribution is 0.427. The number of nitrogens with one attached hydrogen (secondary N) is 2. The Morgan fingerprint density at radius 2 is 1.73 bits per heavy atom. The number of nitrogens with zero attached hydrogens (tertiary/aromatic N) is 1. The van der Waals surface area contributed by atoms with Crippen molar-refractivity contribution in [3.05, 3.63) is 102 Å². The minimum Gasteiger partial charge on any atom is -0.378 e. The summed E-state index contributed by atoms with van der Waals surface area (Å²) in [6.45, 7) is 0. The second-order valence-corrected chi connectivity index (χ2v) is 10.8. The van der Waals surface area contributed by atoms with Crippen molar-refractivity contribution in [2.24, 2.45) is 5.92 Å². The molecular weight excluding hydrogens is 430 g/mol. The molecule has 1 aromatic heterocycles. The Bertz CT molecular complexity index is 1470. The van der Waals surface area contributed by atoms with Crippen LogP contribution in [0.1, 0.15) is 29.5 Å². The highest BCUT2D eigenvalue weighted by atomic mass is 32.2. The summed E-state index contributed by atoms with van der Waals surface area (Å²) in [7, 11) is -2.06. The highest BCUT2D eigenvalue weighted by Crippen LogP contribution is 2.51. The van der Waals surface area contributed by atoms with Gasteiger partial charge < -0.3 is 10.3 Å². The van der Waals surface area contributed by atoms with Gasteiger partial charge in [0, 0.05) is 35.8 Å². The van der Waals surface area contributed by atoms with Gasteiger partial charge in [-0.05, 0) is 59.9 Å². The van der Waals surface area contributed by atoms with Gasteiger partial charge in [-0.15, -0.1) is 0 Å². The van der Waals surface area contributed by atoms with Crippen molar-refractivity contribution in [3.63, 3.8) is 0 Å². The third kappa shape index (κ3) is 3.16. The summed E-state index contributed by atoms with van der Waals surface area (Å²) in [5.74, 6) is 0.513. The lowest BCUT2D eigenvalue weighted by Gasteiger charge is -2.37. The maximum atomic E-state index is 13.4. The smallest absolute Gasteiger partial charge is 0.264 e. The number of H-pyrrole nitrogens is 1. The van der Waals surface area contributed by atoms with Gasteiger partial charge in [0.25, 0.3) is 10.0 Å². The number of para-hydroxylation sites is 2. The molecule has 0 saturated carbocycles. The number of aromatic nitrogens is 1. The van der Waals surface area contributed by atoms with Crippen LogP contribution in [0.4, 0.5) is 11.4 Å². The molecule has 3 atom stereocenters. The van der Waals surface area contributed by atoms with Crippen molar-refractivity contribution in [2.45, 2.75) is 23.3 Å². The van der Waals surface area contributed by atoms with Gasteiger partial charge in [0.1, 0.15) is 0 Å². The molecule has 2 aliphatic rings. The molecule has 166 valence electrons. The van der Waals surface area contributed by atoms with Gasteiger partial charge in [0.15, 0.2) is 0 Å². The van der Waals surface area contributed by atoms with Crippen LogP contribution in [0.25, 0.3) is 10.9 Å². The van der Waals surface area contributed by atoms with Crippen molar-refractivity contribution >= 4 is 32.3 Å². The number of anilines is 2. The summed E-state index contributed by atoms with van der Waals surface area (Å²) >= 11 is 0. The summed E-state index contributed by atoms with van der Waals surface area (Å²) in [5, 5.41) is 4.96. The first-order chi connectivity index (χ1) is 16.0. The maximum absolute atomic E-state index is 13.4. The highest BCUT2D eigenvalue weighted by Gasteiger charge is 2.39. The van der Waals surface area contributed by atoms with Crippen molar-refractivity contribution in [1.29, 1.82) is 0 Å².